The molecule has 3 aliphatic rings. The fraction of sp³-hybridized carbons (Fsp3) is 0.370. The molecule has 0 aliphatic carbocycles. The lowest BCUT2D eigenvalue weighted by Gasteiger charge is -2.58. The Balaban J connectivity index is 1.57. The molecule has 4 nitrogen and oxygen atoms in total. The second-order valence-electron chi connectivity index (χ2n) is 9.21. The SMILES string of the molecule is C=CC1C[N+]2(Cc3ccccc3OC)CCC1CC2[C@H](O)c1ccnc2ccccc12. The standard InChI is InChI=1S/C27H31N2O2/c1-3-19-17-29(18-21-8-4-7-11-26(21)31-2)15-13-20(19)16-25(29)27(30)23-12-14-28-24-10-6-5-9-22(23)24/h3-12,14,19-20,25,27,30H,1,13,15-18H2,2H3/q+1/t19?,20?,25?,27-,29?/m1/s1. The smallest absolute Gasteiger partial charge is 0.131 e. The summed E-state index contributed by atoms with van der Waals surface area (Å²) in [6, 6.07) is 18.6. The van der Waals surface area contributed by atoms with E-state index in [-0.39, 0.29) is 6.04 Å². The van der Waals surface area contributed by atoms with Gasteiger partial charge in [0.15, 0.2) is 0 Å². The summed E-state index contributed by atoms with van der Waals surface area (Å²) in [7, 11) is 1.74. The summed E-state index contributed by atoms with van der Waals surface area (Å²) in [4.78, 5) is 4.50. The van der Waals surface area contributed by atoms with Gasteiger partial charge in [-0.25, -0.2) is 0 Å². The largest absolute Gasteiger partial charge is 0.496 e. The van der Waals surface area contributed by atoms with Crippen molar-refractivity contribution in [3.8, 4) is 5.75 Å². The fourth-order valence-electron chi connectivity index (χ4n) is 6.14. The molecule has 0 radical (unpaired) electrons. The lowest BCUT2D eigenvalue weighted by Crippen LogP contribution is -2.67. The number of ether oxygens (including phenoxy) is 1. The Hall–Kier alpha value is -2.69. The molecule has 0 amide bonds. The first-order valence-corrected chi connectivity index (χ1v) is 11.3. The van der Waals surface area contributed by atoms with Crippen molar-refractivity contribution in [3.63, 3.8) is 0 Å². The van der Waals surface area contributed by atoms with Crippen molar-refractivity contribution in [2.75, 3.05) is 20.2 Å². The van der Waals surface area contributed by atoms with Crippen LogP contribution in [0, 0.1) is 11.8 Å². The van der Waals surface area contributed by atoms with Crippen LogP contribution >= 0.6 is 0 Å². The Morgan fingerprint density at radius 1 is 1.19 bits per heavy atom. The van der Waals surface area contributed by atoms with Crippen LogP contribution in [-0.2, 0) is 6.54 Å². The highest BCUT2D eigenvalue weighted by Gasteiger charge is 2.54. The van der Waals surface area contributed by atoms with E-state index in [1.54, 1.807) is 7.11 Å². The number of benzene rings is 2. The van der Waals surface area contributed by atoms with Crippen molar-refractivity contribution in [2.24, 2.45) is 11.8 Å². The molecule has 3 fully saturated rings. The van der Waals surface area contributed by atoms with E-state index in [1.165, 1.54) is 12.0 Å². The molecule has 2 aromatic carbocycles. The summed E-state index contributed by atoms with van der Waals surface area (Å²) in [6.45, 7) is 7.11. The maximum absolute atomic E-state index is 11.8. The van der Waals surface area contributed by atoms with Crippen molar-refractivity contribution >= 4 is 10.9 Å². The molecule has 31 heavy (non-hydrogen) atoms. The molecular weight excluding hydrogens is 384 g/mol. The van der Waals surface area contributed by atoms with Crippen molar-refractivity contribution in [1.29, 1.82) is 0 Å². The lowest BCUT2D eigenvalue weighted by molar-refractivity contribution is -0.984. The number of rotatable bonds is 6. The molecule has 4 heterocycles. The van der Waals surface area contributed by atoms with Crippen LogP contribution in [0.5, 0.6) is 5.75 Å². The second-order valence-corrected chi connectivity index (χ2v) is 9.21. The van der Waals surface area contributed by atoms with Gasteiger partial charge in [-0.1, -0.05) is 36.4 Å². The number of aliphatic hydroxyl groups excluding tert-OH is 1. The van der Waals surface area contributed by atoms with Gasteiger partial charge in [0.1, 0.15) is 24.4 Å². The summed E-state index contributed by atoms with van der Waals surface area (Å²) in [5.74, 6) is 2.03. The molecule has 1 N–H and O–H groups in total. The topological polar surface area (TPSA) is 42.4 Å². The summed E-state index contributed by atoms with van der Waals surface area (Å²) < 4.78 is 6.56. The first kappa shape index (κ1) is 20.2. The van der Waals surface area contributed by atoms with Gasteiger partial charge in [0.05, 0.1) is 25.7 Å². The maximum Gasteiger partial charge on any atom is 0.131 e. The van der Waals surface area contributed by atoms with E-state index in [0.717, 1.165) is 52.8 Å². The van der Waals surface area contributed by atoms with Crippen LogP contribution in [0.25, 0.3) is 10.9 Å². The molecule has 0 saturated carbocycles. The van der Waals surface area contributed by atoms with E-state index in [1.807, 2.05) is 42.6 Å². The average Bonchev–Trinajstić information content (AvgIpc) is 2.83. The molecule has 3 aromatic rings. The van der Waals surface area contributed by atoms with E-state index >= 15 is 0 Å². The minimum atomic E-state index is -0.531. The molecule has 0 spiro atoms. The van der Waals surface area contributed by atoms with Crippen LogP contribution in [0.4, 0.5) is 0 Å². The zero-order chi connectivity index (χ0) is 21.4. The molecular formula is C27H31N2O2+. The molecule has 4 heteroatoms. The number of nitrogens with zero attached hydrogens (tertiary/aromatic N) is 2. The predicted molar refractivity (Wildman–Crippen MR) is 124 cm³/mol. The summed E-state index contributed by atoms with van der Waals surface area (Å²) in [5.41, 5.74) is 3.15. The minimum Gasteiger partial charge on any atom is -0.496 e. The number of fused-ring (bicyclic) bond motifs is 4. The summed E-state index contributed by atoms with van der Waals surface area (Å²) in [6.07, 6.45) is 5.64. The molecule has 5 atom stereocenters. The Morgan fingerprint density at radius 3 is 2.84 bits per heavy atom. The van der Waals surface area contributed by atoms with Gasteiger partial charge in [0.2, 0.25) is 0 Å². The molecule has 1 aromatic heterocycles. The molecule has 3 aliphatic heterocycles. The van der Waals surface area contributed by atoms with Gasteiger partial charge in [-0.3, -0.25) is 4.98 Å². The van der Waals surface area contributed by atoms with Crippen LogP contribution in [0.3, 0.4) is 0 Å². The predicted octanol–water partition coefficient (Wildman–Crippen LogP) is 4.89. The lowest BCUT2D eigenvalue weighted by atomic mass is 9.71. The van der Waals surface area contributed by atoms with Crippen molar-refractivity contribution in [3.05, 3.63) is 84.6 Å². The van der Waals surface area contributed by atoms with E-state index in [0.29, 0.717) is 11.8 Å². The normalized spacial score (nSPS) is 28.4. The maximum atomic E-state index is 11.8. The third kappa shape index (κ3) is 3.44. The first-order chi connectivity index (χ1) is 15.1. The first-order valence-electron chi connectivity index (χ1n) is 11.3. The fourth-order valence-corrected chi connectivity index (χ4v) is 6.14. The van der Waals surface area contributed by atoms with Gasteiger partial charge < -0.3 is 14.3 Å². The van der Waals surface area contributed by atoms with Gasteiger partial charge in [-0.15, -0.1) is 6.58 Å². The van der Waals surface area contributed by atoms with Gasteiger partial charge in [-0.05, 0) is 35.7 Å². The summed E-state index contributed by atoms with van der Waals surface area (Å²) >= 11 is 0. The number of aromatic nitrogens is 1. The molecule has 6 rings (SSSR count). The van der Waals surface area contributed by atoms with E-state index in [2.05, 4.69) is 35.8 Å². The Kier molecular flexibility index (Phi) is 5.28. The average molecular weight is 416 g/mol. The van der Waals surface area contributed by atoms with E-state index in [9.17, 15) is 5.11 Å². The highest BCUT2D eigenvalue weighted by molar-refractivity contribution is 5.82. The number of pyridine rings is 1. The number of methoxy groups -OCH3 is 1. The van der Waals surface area contributed by atoms with Gasteiger partial charge >= 0.3 is 0 Å². The molecule has 4 unspecified atom stereocenters. The van der Waals surface area contributed by atoms with Crippen molar-refractivity contribution in [2.45, 2.75) is 31.5 Å². The van der Waals surface area contributed by atoms with Crippen molar-refractivity contribution < 1.29 is 14.3 Å². The van der Waals surface area contributed by atoms with Crippen LogP contribution < -0.4 is 4.74 Å². The van der Waals surface area contributed by atoms with Gasteiger partial charge in [0.25, 0.3) is 0 Å². The van der Waals surface area contributed by atoms with E-state index in [4.69, 9.17) is 4.74 Å². The molecule has 2 bridgehead atoms. The van der Waals surface area contributed by atoms with Crippen LogP contribution in [-0.4, -0.2) is 40.8 Å². The highest BCUT2D eigenvalue weighted by atomic mass is 16.5. The van der Waals surface area contributed by atoms with Crippen LogP contribution in [0.2, 0.25) is 0 Å². The van der Waals surface area contributed by atoms with Gasteiger partial charge in [0, 0.05) is 35.9 Å². The molecule has 160 valence electrons. The Labute approximate surface area is 184 Å². The number of quaternary nitrogens is 1. The van der Waals surface area contributed by atoms with Gasteiger partial charge in [-0.2, -0.15) is 0 Å². The number of hydrogen-bond donors (Lipinski definition) is 1. The third-order valence-corrected chi connectivity index (χ3v) is 7.72. The van der Waals surface area contributed by atoms with Crippen LogP contribution in [0.15, 0.2) is 73.4 Å². The molecule has 3 saturated heterocycles. The third-order valence-electron chi connectivity index (χ3n) is 7.72. The number of para-hydroxylation sites is 2. The number of piperidine rings is 3. The second kappa shape index (κ2) is 8.10. The zero-order valence-electron chi connectivity index (χ0n) is 18.2. The Bertz CT molecular complexity index is 1090. The van der Waals surface area contributed by atoms with E-state index < -0.39 is 6.10 Å². The highest BCUT2D eigenvalue weighted by Crippen LogP contribution is 2.48. The monoisotopic (exact) mass is 415 g/mol. The number of aliphatic hydroxyl groups is 1. The van der Waals surface area contributed by atoms with Crippen molar-refractivity contribution in [1.82, 2.24) is 4.98 Å². The quantitative estimate of drug-likeness (QED) is 0.460. The minimum absolute atomic E-state index is 0.144. The number of hydrogen-bond acceptors (Lipinski definition) is 3. The Morgan fingerprint density at radius 2 is 2.00 bits per heavy atom. The summed E-state index contributed by atoms with van der Waals surface area (Å²) in [5, 5.41) is 12.8. The zero-order valence-corrected chi connectivity index (χ0v) is 18.2. The van der Waals surface area contributed by atoms with Crippen LogP contribution in [0.1, 0.15) is 30.1 Å².